The molecule has 8 heteroatoms. The summed E-state index contributed by atoms with van der Waals surface area (Å²) < 4.78 is 27.2. The molecule has 4 aromatic carbocycles. The SMILES string of the molecule is COCc1cc(C(C)(c2ccc(C(C)(C)c3cc(COC)c(O)c(COC)c3)cc2)c2cc(COC)c(O)c(COC)c2)cc(C)c1O. The number of hydrogen-bond donors (Lipinski definition) is 3. The first-order chi connectivity index (χ1) is 22.9. The van der Waals surface area contributed by atoms with E-state index in [1.807, 2.05) is 43.3 Å². The van der Waals surface area contributed by atoms with Crippen molar-refractivity contribution in [2.24, 2.45) is 0 Å². The Kier molecular flexibility index (Phi) is 11.9. The molecule has 0 aliphatic carbocycles. The number of benzene rings is 4. The molecule has 0 bridgehead atoms. The van der Waals surface area contributed by atoms with E-state index < -0.39 is 10.8 Å². The topological polar surface area (TPSA) is 107 Å². The first-order valence-electron chi connectivity index (χ1n) is 16.0. The van der Waals surface area contributed by atoms with Gasteiger partial charge in [-0.1, -0.05) is 44.2 Å². The fraction of sp³-hybridized carbons (Fsp3) is 0.400. The Bertz CT molecular complexity index is 1660. The van der Waals surface area contributed by atoms with Crippen molar-refractivity contribution in [1.82, 2.24) is 0 Å². The lowest BCUT2D eigenvalue weighted by Crippen LogP contribution is -2.27. The Labute approximate surface area is 284 Å². The van der Waals surface area contributed by atoms with E-state index in [-0.39, 0.29) is 50.3 Å². The van der Waals surface area contributed by atoms with E-state index in [1.54, 1.807) is 35.5 Å². The molecule has 0 fully saturated rings. The Morgan fingerprint density at radius 1 is 0.438 bits per heavy atom. The average molecular weight is 659 g/mol. The monoisotopic (exact) mass is 658 g/mol. The van der Waals surface area contributed by atoms with Crippen LogP contribution in [0.2, 0.25) is 0 Å². The molecule has 48 heavy (non-hydrogen) atoms. The highest BCUT2D eigenvalue weighted by atomic mass is 16.5. The van der Waals surface area contributed by atoms with Gasteiger partial charge in [0, 0.05) is 74.2 Å². The Hall–Kier alpha value is -3.92. The second-order valence-electron chi connectivity index (χ2n) is 13.1. The van der Waals surface area contributed by atoms with Crippen molar-refractivity contribution in [2.75, 3.05) is 35.5 Å². The van der Waals surface area contributed by atoms with Crippen LogP contribution in [0.5, 0.6) is 17.2 Å². The van der Waals surface area contributed by atoms with Gasteiger partial charge in [-0.15, -0.1) is 0 Å². The lowest BCUT2D eigenvalue weighted by molar-refractivity contribution is 0.174. The molecular weight excluding hydrogens is 608 g/mol. The van der Waals surface area contributed by atoms with Gasteiger partial charge in [0.2, 0.25) is 0 Å². The lowest BCUT2D eigenvalue weighted by Gasteiger charge is -2.35. The molecule has 1 atom stereocenters. The zero-order chi connectivity index (χ0) is 35.2. The Morgan fingerprint density at radius 2 is 0.750 bits per heavy atom. The molecule has 0 aromatic heterocycles. The average Bonchev–Trinajstić information content (AvgIpc) is 3.06. The van der Waals surface area contributed by atoms with Crippen molar-refractivity contribution >= 4 is 0 Å². The number of hydrogen-bond acceptors (Lipinski definition) is 8. The van der Waals surface area contributed by atoms with Gasteiger partial charge in [-0.3, -0.25) is 0 Å². The van der Waals surface area contributed by atoms with Crippen LogP contribution in [0.4, 0.5) is 0 Å². The number of methoxy groups -OCH3 is 5. The third-order valence-electron chi connectivity index (χ3n) is 9.47. The number of aryl methyl sites for hydroxylation is 1. The van der Waals surface area contributed by atoms with Gasteiger partial charge >= 0.3 is 0 Å². The van der Waals surface area contributed by atoms with Gasteiger partial charge in [-0.2, -0.15) is 0 Å². The fourth-order valence-electron chi connectivity index (χ4n) is 6.53. The van der Waals surface area contributed by atoms with Crippen LogP contribution >= 0.6 is 0 Å². The lowest BCUT2D eigenvalue weighted by atomic mass is 9.68. The summed E-state index contributed by atoms with van der Waals surface area (Å²) in [5, 5.41) is 32.9. The highest BCUT2D eigenvalue weighted by molar-refractivity contribution is 5.58. The number of phenolic OH excluding ortho intramolecular Hbond substituents is 3. The van der Waals surface area contributed by atoms with Crippen LogP contribution in [0, 0.1) is 6.92 Å². The molecular formula is C40H50O8. The van der Waals surface area contributed by atoms with E-state index in [0.29, 0.717) is 27.8 Å². The van der Waals surface area contributed by atoms with Crippen molar-refractivity contribution in [3.63, 3.8) is 0 Å². The molecule has 1 unspecified atom stereocenters. The van der Waals surface area contributed by atoms with E-state index in [2.05, 4.69) is 45.0 Å². The summed E-state index contributed by atoms with van der Waals surface area (Å²) >= 11 is 0. The van der Waals surface area contributed by atoms with Gasteiger partial charge in [-0.25, -0.2) is 0 Å². The number of aromatic hydroxyl groups is 3. The summed E-state index contributed by atoms with van der Waals surface area (Å²) in [6.07, 6.45) is 0. The molecule has 0 saturated heterocycles. The Balaban J connectivity index is 1.94. The minimum atomic E-state index is -0.724. The summed E-state index contributed by atoms with van der Waals surface area (Å²) in [6, 6.07) is 20.5. The molecule has 0 aliphatic rings. The molecule has 0 aliphatic heterocycles. The van der Waals surface area contributed by atoms with Gasteiger partial charge in [0.05, 0.1) is 33.0 Å². The quantitative estimate of drug-likeness (QED) is 0.113. The second kappa shape index (κ2) is 15.5. The summed E-state index contributed by atoms with van der Waals surface area (Å²) in [4.78, 5) is 0. The molecule has 258 valence electrons. The van der Waals surface area contributed by atoms with Crippen LogP contribution in [0.25, 0.3) is 0 Å². The number of ether oxygens (including phenoxy) is 5. The van der Waals surface area contributed by atoms with Crippen molar-refractivity contribution in [3.05, 3.63) is 122 Å². The molecule has 0 radical (unpaired) electrons. The van der Waals surface area contributed by atoms with E-state index in [0.717, 1.165) is 33.4 Å². The minimum absolute atomic E-state index is 0.151. The molecule has 3 N–H and O–H groups in total. The third-order valence-corrected chi connectivity index (χ3v) is 9.47. The molecule has 0 spiro atoms. The van der Waals surface area contributed by atoms with Crippen LogP contribution in [-0.4, -0.2) is 50.9 Å². The van der Waals surface area contributed by atoms with Crippen LogP contribution < -0.4 is 0 Å². The van der Waals surface area contributed by atoms with Gasteiger partial charge < -0.3 is 39.0 Å². The fourth-order valence-corrected chi connectivity index (χ4v) is 6.53. The zero-order valence-corrected chi connectivity index (χ0v) is 29.7. The third kappa shape index (κ3) is 7.23. The summed E-state index contributed by atoms with van der Waals surface area (Å²) in [5.74, 6) is 0.551. The van der Waals surface area contributed by atoms with E-state index >= 15 is 0 Å². The molecule has 4 aromatic rings. The molecule has 4 rings (SSSR count). The van der Waals surface area contributed by atoms with Gasteiger partial charge in [-0.05, 0) is 77.6 Å². The number of phenols is 3. The van der Waals surface area contributed by atoms with Crippen LogP contribution in [0.1, 0.15) is 82.0 Å². The van der Waals surface area contributed by atoms with Crippen LogP contribution in [-0.2, 0) is 67.5 Å². The van der Waals surface area contributed by atoms with Gasteiger partial charge in [0.15, 0.2) is 0 Å². The van der Waals surface area contributed by atoms with Crippen molar-refractivity contribution in [2.45, 2.75) is 71.6 Å². The maximum absolute atomic E-state index is 11.1. The van der Waals surface area contributed by atoms with Crippen LogP contribution in [0.15, 0.2) is 60.7 Å². The first kappa shape index (κ1) is 36.9. The van der Waals surface area contributed by atoms with E-state index in [9.17, 15) is 15.3 Å². The summed E-state index contributed by atoms with van der Waals surface area (Å²) in [5.41, 5.74) is 8.03. The maximum Gasteiger partial charge on any atom is 0.126 e. The smallest absolute Gasteiger partial charge is 0.126 e. The van der Waals surface area contributed by atoms with Crippen molar-refractivity contribution < 1.29 is 39.0 Å². The standard InChI is InChI=1S/C40H50O8/c1-25-14-34(17-26(20-44-5)36(25)41)40(4,35-18-29(23-47-8)38(43)30(19-35)24-48-9)32-12-10-31(11-13-32)39(2,3)33-15-27(21-45-6)37(42)28(16-33)22-46-7/h10-19,41-43H,20-24H2,1-9H3. The normalized spacial score (nSPS) is 13.1. The zero-order valence-electron chi connectivity index (χ0n) is 29.7. The summed E-state index contributed by atoms with van der Waals surface area (Å²) in [7, 11) is 8.04. The predicted octanol–water partition coefficient (Wildman–Crippen LogP) is 7.52. The maximum atomic E-state index is 11.1. The largest absolute Gasteiger partial charge is 0.507 e. The Morgan fingerprint density at radius 3 is 1.12 bits per heavy atom. The van der Waals surface area contributed by atoms with Crippen LogP contribution in [0.3, 0.4) is 0 Å². The molecule has 8 nitrogen and oxygen atoms in total. The second-order valence-corrected chi connectivity index (χ2v) is 13.1. The highest BCUT2D eigenvalue weighted by Crippen LogP contribution is 2.45. The molecule has 0 saturated carbocycles. The van der Waals surface area contributed by atoms with E-state index in [1.165, 1.54) is 0 Å². The first-order valence-corrected chi connectivity index (χ1v) is 16.0. The minimum Gasteiger partial charge on any atom is -0.507 e. The predicted molar refractivity (Wildman–Crippen MR) is 187 cm³/mol. The van der Waals surface area contributed by atoms with Gasteiger partial charge in [0.1, 0.15) is 17.2 Å². The van der Waals surface area contributed by atoms with E-state index in [4.69, 9.17) is 23.7 Å². The number of rotatable bonds is 15. The van der Waals surface area contributed by atoms with Gasteiger partial charge in [0.25, 0.3) is 0 Å². The molecule has 0 amide bonds. The van der Waals surface area contributed by atoms with Crippen molar-refractivity contribution in [3.8, 4) is 17.2 Å². The highest BCUT2D eigenvalue weighted by Gasteiger charge is 2.35. The summed E-state index contributed by atoms with van der Waals surface area (Å²) in [6.45, 7) is 9.64. The molecule has 0 heterocycles. The van der Waals surface area contributed by atoms with Crippen molar-refractivity contribution in [1.29, 1.82) is 0 Å².